The second kappa shape index (κ2) is 9.51. The minimum Gasteiger partial charge on any atom is -0.454 e. The molecule has 0 spiro atoms. The number of likely N-dealkylation sites (N-methyl/N-ethyl adjacent to an activating group) is 1. The largest absolute Gasteiger partial charge is 0.454 e. The number of nitrogens with zero attached hydrogens (tertiary/aromatic N) is 4. The van der Waals surface area contributed by atoms with Crippen molar-refractivity contribution >= 4 is 28.9 Å². The molecule has 2 aliphatic rings. The first-order valence-corrected chi connectivity index (χ1v) is 10.8. The number of alkyl halides is 1. The SMILES string of the molecule is CN1CCN(C2=NC(=O)/C(=C/c3ccc(Oc4ccc(C#N)cc4CF)c(F)c3)S2)CC1. The molecule has 0 aromatic heterocycles. The van der Waals surface area contributed by atoms with Crippen LogP contribution in [0.2, 0.25) is 0 Å². The van der Waals surface area contributed by atoms with Gasteiger partial charge in [-0.1, -0.05) is 6.07 Å². The predicted octanol–water partition coefficient (Wildman–Crippen LogP) is 4.18. The molecule has 164 valence electrons. The number of rotatable bonds is 4. The molecule has 2 aromatic carbocycles. The zero-order valence-electron chi connectivity index (χ0n) is 17.3. The van der Waals surface area contributed by atoms with Crippen LogP contribution in [0.1, 0.15) is 16.7 Å². The van der Waals surface area contributed by atoms with E-state index in [0.717, 1.165) is 26.2 Å². The molecule has 1 saturated heterocycles. The fraction of sp³-hybridized carbons (Fsp3) is 0.261. The lowest BCUT2D eigenvalue weighted by atomic mass is 10.1. The van der Waals surface area contributed by atoms with Gasteiger partial charge >= 0.3 is 0 Å². The van der Waals surface area contributed by atoms with E-state index in [-0.39, 0.29) is 23.0 Å². The van der Waals surface area contributed by atoms with Gasteiger partial charge < -0.3 is 14.5 Å². The van der Waals surface area contributed by atoms with Crippen LogP contribution < -0.4 is 4.74 Å². The van der Waals surface area contributed by atoms with E-state index in [4.69, 9.17) is 10.00 Å². The summed E-state index contributed by atoms with van der Waals surface area (Å²) in [5, 5.41) is 9.61. The zero-order chi connectivity index (χ0) is 22.7. The normalized spacial score (nSPS) is 18.1. The molecule has 0 aliphatic carbocycles. The van der Waals surface area contributed by atoms with E-state index in [1.165, 1.54) is 42.1 Å². The highest BCUT2D eigenvalue weighted by Crippen LogP contribution is 2.33. The molecule has 9 heteroatoms. The summed E-state index contributed by atoms with van der Waals surface area (Å²) in [5.74, 6) is -0.923. The van der Waals surface area contributed by atoms with Gasteiger partial charge in [0, 0.05) is 31.7 Å². The van der Waals surface area contributed by atoms with Crippen molar-refractivity contribution in [1.29, 1.82) is 5.26 Å². The van der Waals surface area contributed by atoms with Crippen molar-refractivity contribution in [3.63, 3.8) is 0 Å². The Kier molecular flexibility index (Phi) is 6.53. The number of thioether (sulfide) groups is 1. The molecule has 32 heavy (non-hydrogen) atoms. The van der Waals surface area contributed by atoms with Gasteiger partial charge in [0.25, 0.3) is 5.91 Å². The Morgan fingerprint density at radius 1 is 1.19 bits per heavy atom. The van der Waals surface area contributed by atoms with Gasteiger partial charge in [-0.3, -0.25) is 4.79 Å². The maximum Gasteiger partial charge on any atom is 0.286 e. The molecule has 0 atom stereocenters. The molecule has 0 bridgehead atoms. The third kappa shape index (κ3) is 4.82. The molecular weight excluding hydrogens is 434 g/mol. The lowest BCUT2D eigenvalue weighted by Gasteiger charge is -2.32. The summed E-state index contributed by atoms with van der Waals surface area (Å²) in [6, 6.07) is 10.5. The number of halogens is 2. The van der Waals surface area contributed by atoms with E-state index >= 15 is 0 Å². The Hall–Kier alpha value is -3.22. The number of amidine groups is 1. The maximum absolute atomic E-state index is 14.7. The molecule has 1 amide bonds. The van der Waals surface area contributed by atoms with Crippen LogP contribution in [0.4, 0.5) is 8.78 Å². The van der Waals surface area contributed by atoms with Crippen LogP contribution in [0.25, 0.3) is 6.08 Å². The highest BCUT2D eigenvalue weighted by atomic mass is 32.2. The van der Waals surface area contributed by atoms with Crippen molar-refractivity contribution in [2.24, 2.45) is 4.99 Å². The Morgan fingerprint density at radius 2 is 1.94 bits per heavy atom. The van der Waals surface area contributed by atoms with Gasteiger partial charge in [-0.2, -0.15) is 10.3 Å². The van der Waals surface area contributed by atoms with Crippen molar-refractivity contribution < 1.29 is 18.3 Å². The number of ether oxygens (including phenoxy) is 1. The van der Waals surface area contributed by atoms with Gasteiger partial charge in [0.05, 0.1) is 16.5 Å². The van der Waals surface area contributed by atoms with Gasteiger partial charge in [-0.25, -0.2) is 8.78 Å². The second-order valence-corrected chi connectivity index (χ2v) is 8.47. The smallest absolute Gasteiger partial charge is 0.286 e. The van der Waals surface area contributed by atoms with E-state index in [9.17, 15) is 13.6 Å². The Morgan fingerprint density at radius 3 is 2.62 bits per heavy atom. The number of carbonyl (C=O) groups is 1. The third-order valence-corrected chi connectivity index (χ3v) is 6.23. The quantitative estimate of drug-likeness (QED) is 0.646. The van der Waals surface area contributed by atoms with Gasteiger partial charge in [-0.05, 0) is 60.8 Å². The fourth-order valence-electron chi connectivity index (χ4n) is 3.34. The van der Waals surface area contributed by atoms with Crippen molar-refractivity contribution in [1.82, 2.24) is 9.80 Å². The van der Waals surface area contributed by atoms with Crippen LogP contribution in [-0.2, 0) is 11.5 Å². The average Bonchev–Trinajstić information content (AvgIpc) is 3.16. The second-order valence-electron chi connectivity index (χ2n) is 7.46. The minimum absolute atomic E-state index is 0.0775. The van der Waals surface area contributed by atoms with E-state index in [1.807, 2.05) is 6.07 Å². The number of nitriles is 1. The van der Waals surface area contributed by atoms with Crippen LogP contribution in [-0.4, -0.2) is 54.1 Å². The van der Waals surface area contributed by atoms with E-state index < -0.39 is 12.5 Å². The lowest BCUT2D eigenvalue weighted by Crippen LogP contribution is -2.46. The van der Waals surface area contributed by atoms with E-state index in [2.05, 4.69) is 21.8 Å². The predicted molar refractivity (Wildman–Crippen MR) is 120 cm³/mol. The van der Waals surface area contributed by atoms with Gasteiger partial charge in [0.1, 0.15) is 12.4 Å². The molecule has 2 heterocycles. The van der Waals surface area contributed by atoms with Crippen LogP contribution in [0, 0.1) is 17.1 Å². The van der Waals surface area contributed by atoms with Crippen LogP contribution in [0.5, 0.6) is 11.5 Å². The Bertz CT molecular complexity index is 1150. The molecular formula is C23H20F2N4O2S. The molecule has 4 rings (SSSR count). The van der Waals surface area contributed by atoms with Crippen molar-refractivity contribution in [3.05, 3.63) is 63.8 Å². The summed E-state index contributed by atoms with van der Waals surface area (Å²) in [4.78, 5) is 21.2. The number of carbonyl (C=O) groups excluding carboxylic acids is 1. The first kappa shape index (κ1) is 22.0. The number of piperazine rings is 1. The Labute approximate surface area is 188 Å². The number of benzene rings is 2. The first-order chi connectivity index (χ1) is 15.5. The molecule has 0 unspecified atom stereocenters. The minimum atomic E-state index is -0.842. The van der Waals surface area contributed by atoms with E-state index in [1.54, 1.807) is 12.1 Å². The topological polar surface area (TPSA) is 68.9 Å². The standard InChI is InChI=1S/C23H20F2N4O2S/c1-28-6-8-29(9-7-28)23-27-22(30)21(32-23)12-15-2-5-20(18(25)11-15)31-19-4-3-16(14-26)10-17(19)13-24/h2-5,10-12H,6-9,13H2,1H3/b21-12-. The van der Waals surface area contributed by atoms with Gasteiger partial charge in [0.15, 0.2) is 16.7 Å². The molecule has 0 radical (unpaired) electrons. The first-order valence-electron chi connectivity index (χ1n) is 9.99. The Balaban J connectivity index is 1.48. The summed E-state index contributed by atoms with van der Waals surface area (Å²) < 4.78 is 33.5. The highest BCUT2D eigenvalue weighted by Gasteiger charge is 2.27. The summed E-state index contributed by atoms with van der Waals surface area (Å²) >= 11 is 1.29. The molecule has 1 fully saturated rings. The lowest BCUT2D eigenvalue weighted by molar-refractivity contribution is -0.113. The molecule has 0 N–H and O–H groups in total. The monoisotopic (exact) mass is 454 g/mol. The maximum atomic E-state index is 14.7. The zero-order valence-corrected chi connectivity index (χ0v) is 18.2. The van der Waals surface area contributed by atoms with Crippen LogP contribution in [0.15, 0.2) is 46.3 Å². The van der Waals surface area contributed by atoms with Crippen LogP contribution >= 0.6 is 11.8 Å². The van der Waals surface area contributed by atoms with Crippen molar-refractivity contribution in [2.45, 2.75) is 6.67 Å². The number of hydrogen-bond acceptors (Lipinski definition) is 6. The highest BCUT2D eigenvalue weighted by molar-refractivity contribution is 8.18. The number of hydrogen-bond donors (Lipinski definition) is 0. The molecule has 2 aromatic rings. The summed E-state index contributed by atoms with van der Waals surface area (Å²) in [7, 11) is 2.05. The van der Waals surface area contributed by atoms with E-state index in [0.29, 0.717) is 21.2 Å². The number of amides is 1. The van der Waals surface area contributed by atoms with Gasteiger partial charge in [0.2, 0.25) is 0 Å². The summed E-state index contributed by atoms with van der Waals surface area (Å²) in [5.41, 5.74) is 0.951. The molecule has 6 nitrogen and oxygen atoms in total. The average molecular weight is 455 g/mol. The van der Waals surface area contributed by atoms with Crippen LogP contribution in [0.3, 0.4) is 0 Å². The summed E-state index contributed by atoms with van der Waals surface area (Å²) in [6.07, 6.45) is 1.60. The number of aliphatic imine (C=N–C) groups is 1. The van der Waals surface area contributed by atoms with Crippen molar-refractivity contribution in [2.75, 3.05) is 33.2 Å². The van der Waals surface area contributed by atoms with Crippen molar-refractivity contribution in [3.8, 4) is 17.6 Å². The van der Waals surface area contributed by atoms with Gasteiger partial charge in [-0.15, -0.1) is 0 Å². The molecule has 2 aliphatic heterocycles. The molecule has 0 saturated carbocycles. The fourth-order valence-corrected chi connectivity index (χ4v) is 4.31. The summed E-state index contributed by atoms with van der Waals surface area (Å²) in [6.45, 7) is 2.58. The third-order valence-electron chi connectivity index (χ3n) is 5.19.